The van der Waals surface area contributed by atoms with Crippen LogP contribution in [-0.4, -0.2) is 26.5 Å². The van der Waals surface area contributed by atoms with Crippen molar-refractivity contribution >= 4 is 11.6 Å². The number of hydrogen-bond donors (Lipinski definition) is 1. The Morgan fingerprint density at radius 1 is 1.22 bits per heavy atom. The van der Waals surface area contributed by atoms with E-state index in [1.54, 1.807) is 23.7 Å². The molecular weight excluding hydrogens is 364 g/mol. The summed E-state index contributed by atoms with van der Waals surface area (Å²) < 4.78 is 7.49. The molecule has 6 nitrogen and oxygen atoms in total. The van der Waals surface area contributed by atoms with Crippen molar-refractivity contribution in [2.24, 2.45) is 0 Å². The maximum absolute atomic E-state index is 9.50. The topological polar surface area (TPSA) is 84.0 Å². The number of nitriles is 1. The van der Waals surface area contributed by atoms with Crippen molar-refractivity contribution in [1.82, 2.24) is 14.8 Å². The van der Waals surface area contributed by atoms with E-state index in [0.29, 0.717) is 33.5 Å². The number of rotatable bonds is 7. The lowest BCUT2D eigenvalue weighted by atomic mass is 10.1. The minimum absolute atomic E-state index is 0.178. The summed E-state index contributed by atoms with van der Waals surface area (Å²) >= 11 is 5.91. The first kappa shape index (κ1) is 18.9. The van der Waals surface area contributed by atoms with Gasteiger partial charge in [-0.1, -0.05) is 23.7 Å². The molecule has 7 heteroatoms. The fraction of sp³-hybridized carbons (Fsp3) is 0.250. The molecule has 0 unspecified atom stereocenters. The van der Waals surface area contributed by atoms with Gasteiger partial charge in [-0.15, -0.1) is 0 Å². The molecule has 138 valence electrons. The standard InChI is InChI=1S/C20H19ClN4O2/c1-14-18(11-22)19(25(24-14)20-9-6-16(21)12-23-20)13-27-17-7-4-15(5-8-17)3-2-10-26/h4-9,12,26H,2-3,10,13H2,1H3. The van der Waals surface area contributed by atoms with Gasteiger partial charge >= 0.3 is 0 Å². The van der Waals surface area contributed by atoms with Gasteiger partial charge in [-0.05, 0) is 49.6 Å². The Kier molecular flexibility index (Phi) is 6.07. The molecule has 27 heavy (non-hydrogen) atoms. The number of aliphatic hydroxyl groups is 1. The lowest BCUT2D eigenvalue weighted by Crippen LogP contribution is -2.08. The van der Waals surface area contributed by atoms with Crippen LogP contribution in [0.15, 0.2) is 42.6 Å². The maximum atomic E-state index is 9.50. The van der Waals surface area contributed by atoms with Crippen molar-refractivity contribution in [2.75, 3.05) is 6.61 Å². The first-order chi connectivity index (χ1) is 13.1. The molecule has 0 bridgehead atoms. The Hall–Kier alpha value is -2.88. The van der Waals surface area contributed by atoms with Gasteiger partial charge in [0.1, 0.15) is 29.7 Å². The van der Waals surface area contributed by atoms with Gasteiger partial charge in [0.15, 0.2) is 5.82 Å². The summed E-state index contributed by atoms with van der Waals surface area (Å²) in [5.74, 6) is 1.27. The van der Waals surface area contributed by atoms with Crippen LogP contribution in [0.1, 0.15) is 28.9 Å². The van der Waals surface area contributed by atoms with Crippen molar-refractivity contribution in [1.29, 1.82) is 5.26 Å². The molecule has 0 atom stereocenters. The highest BCUT2D eigenvalue weighted by Crippen LogP contribution is 2.21. The van der Waals surface area contributed by atoms with Crippen LogP contribution < -0.4 is 4.74 Å². The number of aromatic nitrogens is 3. The molecule has 1 N–H and O–H groups in total. The Morgan fingerprint density at radius 3 is 2.63 bits per heavy atom. The van der Waals surface area contributed by atoms with Crippen molar-refractivity contribution < 1.29 is 9.84 Å². The number of pyridine rings is 1. The summed E-state index contributed by atoms with van der Waals surface area (Å²) in [5, 5.41) is 23.4. The zero-order chi connectivity index (χ0) is 19.2. The number of benzene rings is 1. The molecule has 0 saturated carbocycles. The fourth-order valence-electron chi connectivity index (χ4n) is 2.72. The normalized spacial score (nSPS) is 10.6. The fourth-order valence-corrected chi connectivity index (χ4v) is 2.84. The Balaban J connectivity index is 1.81. The number of aliphatic hydroxyl groups excluding tert-OH is 1. The first-order valence-electron chi connectivity index (χ1n) is 8.55. The third kappa shape index (κ3) is 4.45. The van der Waals surface area contributed by atoms with E-state index in [9.17, 15) is 5.26 Å². The summed E-state index contributed by atoms with van der Waals surface area (Å²) in [4.78, 5) is 4.28. The second-order valence-electron chi connectivity index (χ2n) is 6.03. The molecule has 0 amide bonds. The lowest BCUT2D eigenvalue weighted by Gasteiger charge is -2.10. The third-order valence-electron chi connectivity index (χ3n) is 4.12. The van der Waals surface area contributed by atoms with Crippen LogP contribution in [0.5, 0.6) is 5.75 Å². The van der Waals surface area contributed by atoms with Gasteiger partial charge in [0.2, 0.25) is 0 Å². The second kappa shape index (κ2) is 8.67. The molecule has 1 aromatic carbocycles. The van der Waals surface area contributed by atoms with Crippen LogP contribution in [0.3, 0.4) is 0 Å². The van der Waals surface area contributed by atoms with Crippen LogP contribution >= 0.6 is 11.6 Å². The summed E-state index contributed by atoms with van der Waals surface area (Å²) in [6.07, 6.45) is 3.09. The van der Waals surface area contributed by atoms with Gasteiger partial charge in [-0.2, -0.15) is 10.4 Å². The minimum atomic E-state index is 0.178. The van der Waals surface area contributed by atoms with E-state index in [0.717, 1.165) is 18.4 Å². The van der Waals surface area contributed by atoms with Gasteiger partial charge in [-0.3, -0.25) is 0 Å². The zero-order valence-corrected chi connectivity index (χ0v) is 15.6. The molecular formula is C20H19ClN4O2. The average molecular weight is 383 g/mol. The van der Waals surface area contributed by atoms with Gasteiger partial charge < -0.3 is 9.84 Å². The molecule has 3 rings (SSSR count). The monoisotopic (exact) mass is 382 g/mol. The summed E-state index contributed by atoms with van der Waals surface area (Å²) in [7, 11) is 0. The van der Waals surface area contributed by atoms with Crippen molar-refractivity contribution in [2.45, 2.75) is 26.4 Å². The minimum Gasteiger partial charge on any atom is -0.487 e. The number of ether oxygens (including phenoxy) is 1. The van der Waals surface area contributed by atoms with E-state index in [-0.39, 0.29) is 13.2 Å². The average Bonchev–Trinajstić information content (AvgIpc) is 3.01. The highest BCUT2D eigenvalue weighted by molar-refractivity contribution is 6.30. The predicted molar refractivity (Wildman–Crippen MR) is 102 cm³/mol. The molecule has 2 heterocycles. The number of nitrogens with zero attached hydrogens (tertiary/aromatic N) is 4. The molecule has 0 aliphatic heterocycles. The van der Waals surface area contributed by atoms with Crippen molar-refractivity contribution in [3.63, 3.8) is 0 Å². The quantitative estimate of drug-likeness (QED) is 0.674. The van der Waals surface area contributed by atoms with E-state index in [1.165, 1.54) is 6.20 Å². The lowest BCUT2D eigenvalue weighted by molar-refractivity contribution is 0.288. The Bertz CT molecular complexity index is 944. The smallest absolute Gasteiger partial charge is 0.153 e. The second-order valence-corrected chi connectivity index (χ2v) is 6.46. The summed E-state index contributed by atoms with van der Waals surface area (Å²) in [5.41, 5.74) is 2.87. The van der Waals surface area contributed by atoms with E-state index < -0.39 is 0 Å². The van der Waals surface area contributed by atoms with Crippen LogP contribution in [0.2, 0.25) is 5.02 Å². The van der Waals surface area contributed by atoms with E-state index in [1.807, 2.05) is 24.3 Å². The number of aryl methyl sites for hydroxylation is 2. The SMILES string of the molecule is Cc1nn(-c2ccc(Cl)cn2)c(COc2ccc(CCCO)cc2)c1C#N. The van der Waals surface area contributed by atoms with Crippen molar-refractivity contribution in [3.8, 4) is 17.6 Å². The zero-order valence-electron chi connectivity index (χ0n) is 14.9. The molecule has 0 aliphatic rings. The number of hydrogen-bond acceptors (Lipinski definition) is 5. The van der Waals surface area contributed by atoms with Crippen LogP contribution in [-0.2, 0) is 13.0 Å². The van der Waals surface area contributed by atoms with Gasteiger partial charge in [0.05, 0.1) is 10.7 Å². The molecule has 0 spiro atoms. The van der Waals surface area contributed by atoms with Crippen LogP contribution in [0.4, 0.5) is 0 Å². The van der Waals surface area contributed by atoms with E-state index in [4.69, 9.17) is 21.4 Å². The third-order valence-corrected chi connectivity index (χ3v) is 4.34. The van der Waals surface area contributed by atoms with Gasteiger partial charge in [-0.25, -0.2) is 9.67 Å². The predicted octanol–water partition coefficient (Wildman–Crippen LogP) is 3.60. The molecule has 0 saturated heterocycles. The molecule has 0 fully saturated rings. The van der Waals surface area contributed by atoms with Gasteiger partial charge in [0.25, 0.3) is 0 Å². The maximum Gasteiger partial charge on any atom is 0.153 e. The van der Waals surface area contributed by atoms with Crippen molar-refractivity contribution in [3.05, 3.63) is 70.1 Å². The highest BCUT2D eigenvalue weighted by Gasteiger charge is 2.17. The molecule has 2 aromatic heterocycles. The summed E-state index contributed by atoms with van der Waals surface area (Å²) in [6, 6.07) is 13.4. The Labute approximate surface area is 162 Å². The molecule has 3 aromatic rings. The van der Waals surface area contributed by atoms with E-state index >= 15 is 0 Å². The number of halogens is 1. The van der Waals surface area contributed by atoms with Crippen LogP contribution in [0, 0.1) is 18.3 Å². The van der Waals surface area contributed by atoms with Gasteiger partial charge in [0, 0.05) is 12.8 Å². The van der Waals surface area contributed by atoms with E-state index in [2.05, 4.69) is 16.2 Å². The molecule has 0 aliphatic carbocycles. The molecule has 0 radical (unpaired) electrons. The summed E-state index contributed by atoms with van der Waals surface area (Å²) in [6.45, 7) is 2.14. The highest BCUT2D eigenvalue weighted by atomic mass is 35.5. The largest absolute Gasteiger partial charge is 0.487 e. The van der Waals surface area contributed by atoms with Crippen LogP contribution in [0.25, 0.3) is 5.82 Å². The Morgan fingerprint density at radius 2 is 2.00 bits per heavy atom. The first-order valence-corrected chi connectivity index (χ1v) is 8.93.